The second-order valence-corrected chi connectivity index (χ2v) is 4.89. The second-order valence-electron chi connectivity index (χ2n) is 4.89. The number of rotatable bonds is 3. The molecule has 1 amide bonds. The van der Waals surface area contributed by atoms with E-state index in [2.05, 4.69) is 17.5 Å². The van der Waals surface area contributed by atoms with Crippen LogP contribution in [0.1, 0.15) is 43.0 Å². The number of methoxy groups -OCH3 is 1. The minimum Gasteiger partial charge on any atom is -0.496 e. The number of carbonyl (C=O) groups excluding carboxylic acids is 1. The first-order valence-corrected chi connectivity index (χ1v) is 6.72. The van der Waals surface area contributed by atoms with Crippen molar-refractivity contribution in [2.75, 3.05) is 7.11 Å². The number of carbonyl (C=O) groups is 1. The van der Waals surface area contributed by atoms with Crippen molar-refractivity contribution in [3.05, 3.63) is 29.8 Å². The van der Waals surface area contributed by atoms with Crippen LogP contribution in [-0.4, -0.2) is 18.7 Å². The van der Waals surface area contributed by atoms with Crippen LogP contribution in [0.3, 0.4) is 0 Å². The number of nitrogens with zero attached hydrogens (tertiary/aromatic N) is 1. The van der Waals surface area contributed by atoms with E-state index in [1.807, 2.05) is 12.1 Å². The highest BCUT2D eigenvalue weighted by atomic mass is 16.5. The Morgan fingerprint density at radius 1 is 1.37 bits per heavy atom. The van der Waals surface area contributed by atoms with E-state index >= 15 is 0 Å². The maximum Gasteiger partial charge on any atom is 0.275 e. The van der Waals surface area contributed by atoms with E-state index < -0.39 is 0 Å². The topological polar surface area (TPSA) is 50.7 Å². The van der Waals surface area contributed by atoms with Crippen molar-refractivity contribution in [1.82, 2.24) is 5.43 Å². The van der Waals surface area contributed by atoms with Crippen LogP contribution in [0.5, 0.6) is 5.75 Å². The van der Waals surface area contributed by atoms with Crippen LogP contribution in [0.4, 0.5) is 0 Å². The molecular formula is C15H20N2O2. The van der Waals surface area contributed by atoms with Crippen molar-refractivity contribution in [3.8, 4) is 5.75 Å². The Balaban J connectivity index is 2.06. The van der Waals surface area contributed by atoms with Crippen molar-refractivity contribution in [2.24, 2.45) is 11.0 Å². The first-order chi connectivity index (χ1) is 9.22. The third kappa shape index (κ3) is 3.34. The summed E-state index contributed by atoms with van der Waals surface area (Å²) >= 11 is 0. The van der Waals surface area contributed by atoms with Crippen molar-refractivity contribution in [2.45, 2.75) is 32.6 Å². The molecule has 1 unspecified atom stereocenters. The van der Waals surface area contributed by atoms with Crippen molar-refractivity contribution in [3.63, 3.8) is 0 Å². The summed E-state index contributed by atoms with van der Waals surface area (Å²) in [5.41, 5.74) is 4.25. The Bertz CT molecular complexity index is 483. The molecule has 1 saturated carbocycles. The fourth-order valence-corrected chi connectivity index (χ4v) is 2.35. The Morgan fingerprint density at radius 2 is 2.16 bits per heavy atom. The normalized spacial score (nSPS) is 21.2. The molecule has 19 heavy (non-hydrogen) atoms. The maximum atomic E-state index is 12.1. The number of amides is 1. The van der Waals surface area contributed by atoms with Gasteiger partial charge in [0.05, 0.1) is 12.7 Å². The molecule has 4 heteroatoms. The van der Waals surface area contributed by atoms with Gasteiger partial charge in [-0.3, -0.25) is 4.79 Å². The molecule has 0 radical (unpaired) electrons. The van der Waals surface area contributed by atoms with Crippen LogP contribution in [0.2, 0.25) is 0 Å². The quantitative estimate of drug-likeness (QED) is 0.849. The summed E-state index contributed by atoms with van der Waals surface area (Å²) in [5.74, 6) is 0.811. The molecular weight excluding hydrogens is 240 g/mol. The molecule has 1 aromatic carbocycles. The van der Waals surface area contributed by atoms with E-state index in [0.717, 1.165) is 25.0 Å². The summed E-state index contributed by atoms with van der Waals surface area (Å²) in [7, 11) is 1.56. The summed E-state index contributed by atoms with van der Waals surface area (Å²) in [6.07, 6.45) is 4.55. The van der Waals surface area contributed by atoms with Crippen LogP contribution in [-0.2, 0) is 0 Å². The van der Waals surface area contributed by atoms with Crippen LogP contribution in [0, 0.1) is 5.92 Å². The van der Waals surface area contributed by atoms with Crippen LogP contribution in [0.15, 0.2) is 29.4 Å². The Morgan fingerprint density at radius 3 is 2.89 bits per heavy atom. The highest BCUT2D eigenvalue weighted by Crippen LogP contribution is 2.21. The highest BCUT2D eigenvalue weighted by molar-refractivity contribution is 5.98. The minimum absolute atomic E-state index is 0.220. The van der Waals surface area contributed by atoms with Crippen molar-refractivity contribution < 1.29 is 9.53 Å². The van der Waals surface area contributed by atoms with Gasteiger partial charge in [0.25, 0.3) is 5.91 Å². The summed E-state index contributed by atoms with van der Waals surface area (Å²) in [4.78, 5) is 12.1. The van der Waals surface area contributed by atoms with Crippen LogP contribution in [0.25, 0.3) is 0 Å². The zero-order chi connectivity index (χ0) is 13.7. The molecule has 0 bridgehead atoms. The number of benzene rings is 1. The molecule has 1 aliphatic carbocycles. The van der Waals surface area contributed by atoms with Gasteiger partial charge < -0.3 is 4.74 Å². The number of nitrogens with one attached hydrogen (secondary N) is 1. The van der Waals surface area contributed by atoms with Gasteiger partial charge in [0.2, 0.25) is 0 Å². The highest BCUT2D eigenvalue weighted by Gasteiger charge is 2.17. The molecule has 0 heterocycles. The van der Waals surface area contributed by atoms with Gasteiger partial charge in [-0.2, -0.15) is 5.10 Å². The smallest absolute Gasteiger partial charge is 0.275 e. The van der Waals surface area contributed by atoms with Crippen molar-refractivity contribution >= 4 is 11.6 Å². The van der Waals surface area contributed by atoms with Gasteiger partial charge >= 0.3 is 0 Å². The second kappa shape index (κ2) is 6.36. The van der Waals surface area contributed by atoms with Gasteiger partial charge in [-0.1, -0.05) is 25.5 Å². The van der Waals surface area contributed by atoms with Gasteiger partial charge in [0, 0.05) is 5.71 Å². The summed E-state index contributed by atoms with van der Waals surface area (Å²) in [6.45, 7) is 2.16. The van der Waals surface area contributed by atoms with Crippen LogP contribution < -0.4 is 10.2 Å². The number of ether oxygens (including phenoxy) is 1. The number of hydrogen-bond donors (Lipinski definition) is 1. The number of para-hydroxylation sites is 1. The first kappa shape index (κ1) is 13.6. The van der Waals surface area contributed by atoms with Gasteiger partial charge in [0.15, 0.2) is 0 Å². The Hall–Kier alpha value is -1.84. The monoisotopic (exact) mass is 260 g/mol. The zero-order valence-electron chi connectivity index (χ0n) is 11.5. The average Bonchev–Trinajstić information content (AvgIpc) is 2.46. The zero-order valence-corrected chi connectivity index (χ0v) is 11.5. The van der Waals surface area contributed by atoms with Crippen molar-refractivity contribution in [1.29, 1.82) is 0 Å². The molecule has 1 aliphatic rings. The van der Waals surface area contributed by atoms with E-state index in [-0.39, 0.29) is 5.91 Å². The van der Waals surface area contributed by atoms with Gasteiger partial charge in [-0.25, -0.2) is 5.43 Å². The predicted octanol–water partition coefficient (Wildman–Crippen LogP) is 2.99. The van der Waals surface area contributed by atoms with E-state index in [0.29, 0.717) is 17.2 Å². The average molecular weight is 260 g/mol. The van der Waals surface area contributed by atoms with Gasteiger partial charge in [0.1, 0.15) is 5.75 Å². The van der Waals surface area contributed by atoms with Crippen LogP contribution >= 0.6 is 0 Å². The standard InChI is InChI=1S/C15H20N2O2/c1-11-7-3-5-9-13(11)16-17-15(18)12-8-4-6-10-14(12)19-2/h4,6,8,10-11H,3,5,7,9H2,1-2H3,(H,17,18). The lowest BCUT2D eigenvalue weighted by Gasteiger charge is -2.19. The fourth-order valence-electron chi connectivity index (χ4n) is 2.35. The van der Waals surface area contributed by atoms with E-state index in [1.54, 1.807) is 19.2 Å². The number of hydrazone groups is 1. The third-order valence-electron chi connectivity index (χ3n) is 3.54. The lowest BCUT2D eigenvalue weighted by Crippen LogP contribution is -2.24. The molecule has 1 N–H and O–H groups in total. The maximum absolute atomic E-state index is 12.1. The first-order valence-electron chi connectivity index (χ1n) is 6.72. The predicted molar refractivity (Wildman–Crippen MR) is 75.5 cm³/mol. The fraction of sp³-hybridized carbons (Fsp3) is 0.467. The molecule has 1 fully saturated rings. The molecule has 4 nitrogen and oxygen atoms in total. The lowest BCUT2D eigenvalue weighted by molar-refractivity contribution is 0.0951. The molecule has 2 rings (SSSR count). The minimum atomic E-state index is -0.220. The Kier molecular flexibility index (Phi) is 4.55. The molecule has 1 aromatic rings. The largest absolute Gasteiger partial charge is 0.496 e. The summed E-state index contributed by atoms with van der Waals surface area (Å²) in [6, 6.07) is 7.16. The molecule has 0 saturated heterocycles. The summed E-state index contributed by atoms with van der Waals surface area (Å²) < 4.78 is 5.17. The molecule has 0 aromatic heterocycles. The van der Waals surface area contributed by atoms with E-state index in [4.69, 9.17) is 4.74 Å². The Labute approximate surface area is 113 Å². The lowest BCUT2D eigenvalue weighted by atomic mass is 9.89. The molecule has 102 valence electrons. The number of hydrogen-bond acceptors (Lipinski definition) is 3. The molecule has 1 atom stereocenters. The van der Waals surface area contributed by atoms with Gasteiger partial charge in [-0.05, 0) is 37.3 Å². The van der Waals surface area contributed by atoms with Gasteiger partial charge in [-0.15, -0.1) is 0 Å². The molecule has 0 spiro atoms. The molecule has 0 aliphatic heterocycles. The van der Waals surface area contributed by atoms with E-state index in [9.17, 15) is 4.79 Å². The SMILES string of the molecule is COc1ccccc1C(=O)NN=C1CCCCC1C. The third-order valence-corrected chi connectivity index (χ3v) is 3.54. The summed E-state index contributed by atoms with van der Waals surface area (Å²) in [5, 5.41) is 4.28. The van der Waals surface area contributed by atoms with E-state index in [1.165, 1.54) is 6.42 Å².